The summed E-state index contributed by atoms with van der Waals surface area (Å²) in [5.41, 5.74) is 6.33. The van der Waals surface area contributed by atoms with Gasteiger partial charge in [0.2, 0.25) is 0 Å². The van der Waals surface area contributed by atoms with E-state index in [0.29, 0.717) is 5.92 Å². The zero-order chi connectivity index (χ0) is 15.3. The smallest absolute Gasteiger partial charge is 0.119 e. The molecule has 2 heteroatoms. The Kier molecular flexibility index (Phi) is 3.34. The number of ether oxygens (including phenoxy) is 1. The zero-order valence-corrected chi connectivity index (χ0v) is 13.7. The standard InChI is InChI=1S/C20H26O2/c1-3-20-11-10-16-15-7-5-14(22-2)12-13(15)4-6-17(16)18(20)8-9-19(20)21/h5,7,12,18-19,21H,3-4,6,8-11H2,1-2H3/t18-,19-,20+/m1/s1. The first-order valence-electron chi connectivity index (χ1n) is 8.77. The van der Waals surface area contributed by atoms with Gasteiger partial charge in [0.1, 0.15) is 5.75 Å². The number of rotatable bonds is 2. The molecule has 0 aromatic heterocycles. The molecule has 0 heterocycles. The number of aliphatic hydroxyl groups is 1. The summed E-state index contributed by atoms with van der Waals surface area (Å²) in [5, 5.41) is 10.6. The average Bonchev–Trinajstić information content (AvgIpc) is 2.91. The SMILES string of the molecule is CC[C@]12CCC3=C(CCc4cc(OC)ccc43)[C@H]1CC[C@H]2O. The van der Waals surface area contributed by atoms with Crippen LogP contribution in [0.1, 0.15) is 56.6 Å². The van der Waals surface area contributed by atoms with Gasteiger partial charge in [-0.2, -0.15) is 0 Å². The first-order valence-corrected chi connectivity index (χ1v) is 8.77. The van der Waals surface area contributed by atoms with Crippen LogP contribution in [0.5, 0.6) is 5.75 Å². The Labute approximate surface area is 133 Å². The largest absolute Gasteiger partial charge is 0.497 e. The van der Waals surface area contributed by atoms with Gasteiger partial charge in [-0.3, -0.25) is 0 Å². The van der Waals surface area contributed by atoms with Gasteiger partial charge in [0.15, 0.2) is 0 Å². The molecule has 3 atom stereocenters. The average molecular weight is 298 g/mol. The van der Waals surface area contributed by atoms with Crippen LogP contribution in [-0.2, 0) is 6.42 Å². The fourth-order valence-electron chi connectivity index (χ4n) is 5.48. The predicted octanol–water partition coefficient (Wildman–Crippen LogP) is 4.36. The summed E-state index contributed by atoms with van der Waals surface area (Å²) in [5.74, 6) is 1.59. The van der Waals surface area contributed by atoms with Gasteiger partial charge in [-0.25, -0.2) is 0 Å². The fourth-order valence-corrected chi connectivity index (χ4v) is 5.48. The van der Waals surface area contributed by atoms with Crippen molar-refractivity contribution >= 4 is 5.57 Å². The molecule has 22 heavy (non-hydrogen) atoms. The molecule has 2 nitrogen and oxygen atoms in total. The molecule has 3 aliphatic rings. The summed E-state index contributed by atoms with van der Waals surface area (Å²) in [6.07, 6.45) is 7.78. The molecule has 0 aliphatic heterocycles. The van der Waals surface area contributed by atoms with Gasteiger partial charge >= 0.3 is 0 Å². The Morgan fingerprint density at radius 1 is 1.23 bits per heavy atom. The third kappa shape index (κ3) is 1.83. The summed E-state index contributed by atoms with van der Waals surface area (Å²) >= 11 is 0. The molecule has 1 fully saturated rings. The second-order valence-electron chi connectivity index (χ2n) is 7.26. The van der Waals surface area contributed by atoms with Gasteiger partial charge in [-0.15, -0.1) is 0 Å². The van der Waals surface area contributed by atoms with Crippen molar-refractivity contribution in [3.8, 4) is 5.75 Å². The van der Waals surface area contributed by atoms with E-state index < -0.39 is 0 Å². The number of methoxy groups -OCH3 is 1. The van der Waals surface area contributed by atoms with Crippen LogP contribution in [0, 0.1) is 11.3 Å². The molecule has 0 saturated heterocycles. The summed E-state index contributed by atoms with van der Waals surface area (Å²) in [6, 6.07) is 6.57. The van der Waals surface area contributed by atoms with Gasteiger partial charge in [0.25, 0.3) is 0 Å². The van der Waals surface area contributed by atoms with E-state index in [-0.39, 0.29) is 11.5 Å². The van der Waals surface area contributed by atoms with Crippen LogP contribution in [0.2, 0.25) is 0 Å². The maximum Gasteiger partial charge on any atom is 0.119 e. The monoisotopic (exact) mass is 298 g/mol. The van der Waals surface area contributed by atoms with Gasteiger partial charge in [-0.1, -0.05) is 18.6 Å². The van der Waals surface area contributed by atoms with Crippen LogP contribution in [0.4, 0.5) is 0 Å². The molecular formula is C20H26O2. The van der Waals surface area contributed by atoms with Crippen molar-refractivity contribution in [2.24, 2.45) is 11.3 Å². The minimum atomic E-state index is -0.0891. The van der Waals surface area contributed by atoms with Crippen LogP contribution in [0.3, 0.4) is 0 Å². The van der Waals surface area contributed by atoms with Gasteiger partial charge in [0.05, 0.1) is 13.2 Å². The normalized spacial score (nSPS) is 33.2. The van der Waals surface area contributed by atoms with Crippen LogP contribution < -0.4 is 4.74 Å². The van der Waals surface area contributed by atoms with Crippen LogP contribution in [0.25, 0.3) is 5.57 Å². The van der Waals surface area contributed by atoms with Gasteiger partial charge < -0.3 is 9.84 Å². The predicted molar refractivity (Wildman–Crippen MR) is 88.9 cm³/mol. The lowest BCUT2D eigenvalue weighted by atomic mass is 9.60. The number of benzene rings is 1. The molecule has 0 amide bonds. The third-order valence-corrected chi connectivity index (χ3v) is 6.69. The number of aryl methyl sites for hydroxylation is 1. The molecule has 0 spiro atoms. The van der Waals surface area contributed by atoms with Crippen LogP contribution in [0.15, 0.2) is 23.8 Å². The summed E-state index contributed by atoms with van der Waals surface area (Å²) in [7, 11) is 1.74. The minimum absolute atomic E-state index is 0.0891. The van der Waals surface area contributed by atoms with E-state index in [9.17, 15) is 5.11 Å². The Hall–Kier alpha value is -1.28. The Morgan fingerprint density at radius 2 is 2.09 bits per heavy atom. The highest BCUT2D eigenvalue weighted by atomic mass is 16.5. The third-order valence-electron chi connectivity index (χ3n) is 6.69. The van der Waals surface area contributed by atoms with E-state index in [4.69, 9.17) is 4.74 Å². The molecule has 118 valence electrons. The van der Waals surface area contributed by atoms with Crippen molar-refractivity contribution in [1.82, 2.24) is 0 Å². The summed E-state index contributed by atoms with van der Waals surface area (Å²) in [4.78, 5) is 0. The van der Waals surface area contributed by atoms with Crippen molar-refractivity contribution in [2.75, 3.05) is 7.11 Å². The molecule has 0 bridgehead atoms. The molecule has 1 aromatic rings. The molecule has 1 N–H and O–H groups in total. The van der Waals surface area contributed by atoms with E-state index in [1.165, 1.54) is 24.0 Å². The number of allylic oxidation sites excluding steroid dienone is 2. The van der Waals surface area contributed by atoms with Crippen molar-refractivity contribution in [1.29, 1.82) is 0 Å². The van der Waals surface area contributed by atoms with Crippen molar-refractivity contribution in [2.45, 2.75) is 58.0 Å². The van der Waals surface area contributed by atoms with E-state index in [0.717, 1.165) is 37.9 Å². The molecular weight excluding hydrogens is 272 g/mol. The highest BCUT2D eigenvalue weighted by Crippen LogP contribution is 2.59. The van der Waals surface area contributed by atoms with Crippen molar-refractivity contribution < 1.29 is 9.84 Å². The number of aliphatic hydroxyl groups excluding tert-OH is 1. The van der Waals surface area contributed by atoms with Gasteiger partial charge in [-0.05, 0) is 79.7 Å². The fraction of sp³-hybridized carbons (Fsp3) is 0.600. The van der Waals surface area contributed by atoms with Crippen LogP contribution in [-0.4, -0.2) is 18.3 Å². The Balaban J connectivity index is 1.79. The zero-order valence-electron chi connectivity index (χ0n) is 13.7. The number of fused-ring (bicyclic) bond motifs is 4. The van der Waals surface area contributed by atoms with Crippen molar-refractivity contribution in [3.63, 3.8) is 0 Å². The maximum atomic E-state index is 10.6. The minimum Gasteiger partial charge on any atom is -0.497 e. The van der Waals surface area contributed by atoms with Crippen molar-refractivity contribution in [3.05, 3.63) is 34.9 Å². The van der Waals surface area contributed by atoms with E-state index in [1.54, 1.807) is 18.3 Å². The Bertz CT molecular complexity index is 631. The lowest BCUT2D eigenvalue weighted by molar-refractivity contribution is 0.0193. The summed E-state index contributed by atoms with van der Waals surface area (Å²) in [6.45, 7) is 2.27. The highest BCUT2D eigenvalue weighted by molar-refractivity contribution is 5.75. The highest BCUT2D eigenvalue weighted by Gasteiger charge is 2.52. The first-order chi connectivity index (χ1) is 10.7. The molecule has 1 saturated carbocycles. The first kappa shape index (κ1) is 14.3. The topological polar surface area (TPSA) is 29.5 Å². The molecule has 3 aliphatic carbocycles. The van der Waals surface area contributed by atoms with Gasteiger partial charge in [0, 0.05) is 5.41 Å². The number of hydrogen-bond donors (Lipinski definition) is 1. The summed E-state index contributed by atoms with van der Waals surface area (Å²) < 4.78 is 5.38. The Morgan fingerprint density at radius 3 is 2.86 bits per heavy atom. The maximum absolute atomic E-state index is 10.6. The lowest BCUT2D eigenvalue weighted by Crippen LogP contribution is -2.39. The number of hydrogen-bond acceptors (Lipinski definition) is 2. The van der Waals surface area contributed by atoms with E-state index >= 15 is 0 Å². The molecule has 4 rings (SSSR count). The van der Waals surface area contributed by atoms with Crippen LogP contribution >= 0.6 is 0 Å². The molecule has 0 unspecified atom stereocenters. The second kappa shape index (κ2) is 5.13. The molecule has 0 radical (unpaired) electrons. The molecule has 1 aromatic carbocycles. The second-order valence-corrected chi connectivity index (χ2v) is 7.26. The lowest BCUT2D eigenvalue weighted by Gasteiger charge is -2.45. The van der Waals surface area contributed by atoms with E-state index in [2.05, 4.69) is 25.1 Å². The quantitative estimate of drug-likeness (QED) is 0.879. The van der Waals surface area contributed by atoms with E-state index in [1.807, 2.05) is 0 Å².